The highest BCUT2D eigenvalue weighted by Crippen LogP contribution is 2.47. The summed E-state index contributed by atoms with van der Waals surface area (Å²) in [6, 6.07) is 6.58. The number of hydrogen-bond donors (Lipinski definition) is 1. The molecule has 3 nitrogen and oxygen atoms in total. The summed E-state index contributed by atoms with van der Waals surface area (Å²) in [4.78, 5) is 25.9. The Morgan fingerprint density at radius 2 is 1.43 bits per heavy atom. The van der Waals surface area contributed by atoms with E-state index < -0.39 is 34.1 Å². The third-order valence-electron chi connectivity index (χ3n) is 5.83. The second-order valence-corrected chi connectivity index (χ2v) is 8.61. The van der Waals surface area contributed by atoms with E-state index in [-0.39, 0.29) is 22.7 Å². The van der Waals surface area contributed by atoms with E-state index in [4.69, 9.17) is 0 Å². The van der Waals surface area contributed by atoms with E-state index in [9.17, 15) is 27.9 Å². The van der Waals surface area contributed by atoms with Crippen molar-refractivity contribution in [3.8, 4) is 11.1 Å². The largest absolute Gasteiger partial charge is 0.510 e. The van der Waals surface area contributed by atoms with Gasteiger partial charge in [0.2, 0.25) is 0 Å². The molecule has 1 aliphatic carbocycles. The smallest absolute Gasteiger partial charge is 0.194 e. The number of aliphatic hydroxyl groups is 1. The van der Waals surface area contributed by atoms with Gasteiger partial charge < -0.3 is 5.11 Å². The summed E-state index contributed by atoms with van der Waals surface area (Å²) in [5, 5.41) is 10.8. The van der Waals surface area contributed by atoms with E-state index >= 15 is 0 Å². The van der Waals surface area contributed by atoms with Crippen LogP contribution in [0.3, 0.4) is 0 Å². The number of rotatable bonds is 3. The maximum Gasteiger partial charge on any atom is 0.194 e. The monoisotopic (exact) mass is 416 g/mol. The molecule has 0 heterocycles. The summed E-state index contributed by atoms with van der Waals surface area (Å²) in [7, 11) is 0. The minimum Gasteiger partial charge on any atom is -0.510 e. The minimum absolute atomic E-state index is 0.0736. The number of carbonyl (C=O) groups is 2. The molecule has 2 aromatic carbocycles. The molecule has 0 fully saturated rings. The molecule has 0 unspecified atom stereocenters. The second kappa shape index (κ2) is 7.11. The molecular formula is C24H23F3O3. The summed E-state index contributed by atoms with van der Waals surface area (Å²) < 4.78 is 40.6. The molecule has 0 aromatic heterocycles. The van der Waals surface area contributed by atoms with Gasteiger partial charge in [0.1, 0.15) is 5.76 Å². The number of aryl methyl sites for hydroxylation is 1. The molecule has 0 saturated carbocycles. The molecule has 6 heteroatoms. The highest BCUT2D eigenvalue weighted by Gasteiger charge is 2.53. The standard InChI is InChI=1S/C24H23F3O3/c1-6-12-9-13(14-10-16(25)19(27)17(26)11-14)7-8-15(12)18-20(28)23(2,3)22(30)24(4,5)21(18)29/h7-11,28H,6H2,1-5H3. The third kappa shape index (κ3) is 3.15. The summed E-state index contributed by atoms with van der Waals surface area (Å²) >= 11 is 0. The van der Waals surface area contributed by atoms with Crippen LogP contribution in [0.4, 0.5) is 13.2 Å². The third-order valence-corrected chi connectivity index (χ3v) is 5.83. The lowest BCUT2D eigenvalue weighted by atomic mass is 9.62. The Bertz CT molecular complexity index is 1090. The first-order chi connectivity index (χ1) is 13.8. The van der Waals surface area contributed by atoms with E-state index in [0.717, 1.165) is 12.1 Å². The summed E-state index contributed by atoms with van der Waals surface area (Å²) in [6.45, 7) is 8.05. The van der Waals surface area contributed by atoms with Crippen LogP contribution >= 0.6 is 0 Å². The van der Waals surface area contributed by atoms with Crippen LogP contribution in [0.1, 0.15) is 45.7 Å². The lowest BCUT2D eigenvalue weighted by Gasteiger charge is -2.38. The van der Waals surface area contributed by atoms with Crippen LogP contribution in [-0.2, 0) is 16.0 Å². The molecule has 158 valence electrons. The van der Waals surface area contributed by atoms with Gasteiger partial charge >= 0.3 is 0 Å². The lowest BCUT2D eigenvalue weighted by Crippen LogP contribution is -2.48. The zero-order chi connectivity index (χ0) is 22.6. The van der Waals surface area contributed by atoms with Gasteiger partial charge in [-0.2, -0.15) is 0 Å². The lowest BCUT2D eigenvalue weighted by molar-refractivity contribution is -0.143. The van der Waals surface area contributed by atoms with Crippen LogP contribution in [0, 0.1) is 28.3 Å². The summed E-state index contributed by atoms with van der Waals surface area (Å²) in [6.07, 6.45) is 0.453. The van der Waals surface area contributed by atoms with Crippen molar-refractivity contribution in [3.63, 3.8) is 0 Å². The van der Waals surface area contributed by atoms with Crippen LogP contribution in [0.2, 0.25) is 0 Å². The SMILES string of the molecule is CCc1cc(-c2cc(F)c(F)c(F)c2)ccc1C1=C(O)C(C)(C)C(=O)C(C)(C)C1=O. The van der Waals surface area contributed by atoms with Crippen molar-refractivity contribution in [3.05, 3.63) is 64.7 Å². The van der Waals surface area contributed by atoms with Crippen molar-refractivity contribution in [2.45, 2.75) is 41.0 Å². The maximum atomic E-state index is 13.7. The molecule has 0 spiro atoms. The normalized spacial score (nSPS) is 18.1. The Morgan fingerprint density at radius 1 is 0.867 bits per heavy atom. The average molecular weight is 416 g/mol. The van der Waals surface area contributed by atoms with Gasteiger partial charge in [-0.3, -0.25) is 9.59 Å². The molecule has 0 radical (unpaired) electrons. The molecular weight excluding hydrogens is 393 g/mol. The zero-order valence-electron chi connectivity index (χ0n) is 17.5. The van der Waals surface area contributed by atoms with E-state index in [1.807, 2.05) is 6.92 Å². The Hall–Kier alpha value is -2.89. The number of ketones is 2. The first-order valence-electron chi connectivity index (χ1n) is 9.65. The topological polar surface area (TPSA) is 54.4 Å². The fraction of sp³-hybridized carbons (Fsp3) is 0.333. The van der Waals surface area contributed by atoms with Gasteiger partial charge in [0.05, 0.1) is 16.4 Å². The molecule has 3 rings (SSSR count). The van der Waals surface area contributed by atoms with Crippen molar-refractivity contribution in [1.82, 2.24) is 0 Å². The first-order valence-corrected chi connectivity index (χ1v) is 9.65. The molecule has 1 aliphatic rings. The van der Waals surface area contributed by atoms with Crippen LogP contribution in [0.5, 0.6) is 0 Å². The van der Waals surface area contributed by atoms with Crippen molar-refractivity contribution in [2.24, 2.45) is 10.8 Å². The van der Waals surface area contributed by atoms with Crippen molar-refractivity contribution < 1.29 is 27.9 Å². The number of benzene rings is 2. The number of aliphatic hydroxyl groups excluding tert-OH is 1. The predicted octanol–water partition coefficient (Wildman–Crippen LogP) is 5.81. The first kappa shape index (κ1) is 21.8. The van der Waals surface area contributed by atoms with Gasteiger partial charge in [-0.05, 0) is 68.5 Å². The minimum atomic E-state index is -1.54. The van der Waals surface area contributed by atoms with E-state index in [2.05, 4.69) is 0 Å². The number of hydrogen-bond acceptors (Lipinski definition) is 3. The number of allylic oxidation sites excluding steroid dienone is 2. The molecule has 0 atom stereocenters. The second-order valence-electron chi connectivity index (χ2n) is 8.61. The Balaban J connectivity index is 2.22. The molecule has 2 aromatic rings. The zero-order valence-corrected chi connectivity index (χ0v) is 17.5. The fourth-order valence-electron chi connectivity index (χ4n) is 4.01. The summed E-state index contributed by atoms with van der Waals surface area (Å²) in [5.41, 5.74) is -0.779. The Kier molecular flexibility index (Phi) is 5.17. The van der Waals surface area contributed by atoms with E-state index in [0.29, 0.717) is 23.1 Å². The Labute approximate surface area is 173 Å². The number of halogens is 3. The molecule has 0 bridgehead atoms. The highest BCUT2D eigenvalue weighted by molar-refractivity contribution is 6.33. The highest BCUT2D eigenvalue weighted by atomic mass is 19.2. The molecule has 0 amide bonds. The summed E-state index contributed by atoms with van der Waals surface area (Å²) in [5.74, 6) is -5.27. The quantitative estimate of drug-likeness (QED) is 0.508. The van der Waals surface area contributed by atoms with Crippen molar-refractivity contribution in [2.75, 3.05) is 0 Å². The molecule has 0 aliphatic heterocycles. The molecule has 1 N–H and O–H groups in total. The van der Waals surface area contributed by atoms with Gasteiger partial charge in [-0.15, -0.1) is 0 Å². The fourth-order valence-corrected chi connectivity index (χ4v) is 4.01. The number of carbonyl (C=O) groups excluding carboxylic acids is 2. The van der Waals surface area contributed by atoms with Crippen molar-refractivity contribution >= 4 is 17.1 Å². The van der Waals surface area contributed by atoms with Crippen LogP contribution in [0.15, 0.2) is 36.1 Å². The van der Waals surface area contributed by atoms with Crippen LogP contribution in [0.25, 0.3) is 16.7 Å². The Morgan fingerprint density at radius 3 is 1.97 bits per heavy atom. The van der Waals surface area contributed by atoms with Gasteiger partial charge in [-0.1, -0.05) is 25.1 Å². The molecule has 0 saturated heterocycles. The van der Waals surface area contributed by atoms with Crippen LogP contribution in [-0.4, -0.2) is 16.7 Å². The maximum absolute atomic E-state index is 13.7. The van der Waals surface area contributed by atoms with Gasteiger partial charge in [-0.25, -0.2) is 13.2 Å². The molecule has 30 heavy (non-hydrogen) atoms. The van der Waals surface area contributed by atoms with E-state index in [1.54, 1.807) is 32.0 Å². The van der Waals surface area contributed by atoms with E-state index in [1.165, 1.54) is 13.8 Å². The average Bonchev–Trinajstić information content (AvgIpc) is 2.70. The number of Topliss-reactive ketones (excluding diaryl/α,β-unsaturated/α-hetero) is 2. The van der Waals surface area contributed by atoms with Gasteiger partial charge in [0.15, 0.2) is 29.0 Å². The van der Waals surface area contributed by atoms with Gasteiger partial charge in [0.25, 0.3) is 0 Å². The predicted molar refractivity (Wildman–Crippen MR) is 108 cm³/mol. The van der Waals surface area contributed by atoms with Crippen molar-refractivity contribution in [1.29, 1.82) is 0 Å². The van der Waals surface area contributed by atoms with Crippen LogP contribution < -0.4 is 0 Å². The van der Waals surface area contributed by atoms with Gasteiger partial charge in [0, 0.05) is 0 Å².